The Kier molecular flexibility index (Phi) is 4.63. The highest BCUT2D eigenvalue weighted by atomic mass is 35.5. The third-order valence-electron chi connectivity index (χ3n) is 3.59. The van der Waals surface area contributed by atoms with Gasteiger partial charge in [-0.3, -0.25) is 0 Å². The minimum Gasteiger partial charge on any atom is -0.353 e. The van der Waals surface area contributed by atoms with Gasteiger partial charge in [-0.15, -0.1) is 0 Å². The Labute approximate surface area is 125 Å². The summed E-state index contributed by atoms with van der Waals surface area (Å²) in [5, 5.41) is 0.777. The van der Waals surface area contributed by atoms with Crippen LogP contribution in [0.4, 0.5) is 5.82 Å². The number of hydrogen-bond donors (Lipinski definition) is 1. The van der Waals surface area contributed by atoms with E-state index < -0.39 is 0 Å². The molecule has 0 saturated carbocycles. The second-order valence-electron chi connectivity index (χ2n) is 5.05. The van der Waals surface area contributed by atoms with Gasteiger partial charge in [0.1, 0.15) is 5.82 Å². The van der Waals surface area contributed by atoms with Crippen LogP contribution in [0.15, 0.2) is 42.6 Å². The molecule has 1 heterocycles. The highest BCUT2D eigenvalue weighted by Crippen LogP contribution is 2.29. The first kappa shape index (κ1) is 14.8. The fraction of sp³-hybridized carbons (Fsp3) is 0.312. The summed E-state index contributed by atoms with van der Waals surface area (Å²) in [6, 6.07) is 12.1. The quantitative estimate of drug-likeness (QED) is 0.926. The number of benzene rings is 1. The Balaban J connectivity index is 2.22. The van der Waals surface area contributed by atoms with Crippen LogP contribution in [0.1, 0.15) is 37.1 Å². The smallest absolute Gasteiger partial charge is 0.128 e. The summed E-state index contributed by atoms with van der Waals surface area (Å²) in [5.41, 5.74) is 7.97. The molecule has 2 atom stereocenters. The van der Waals surface area contributed by atoms with Crippen molar-refractivity contribution in [2.24, 2.45) is 5.73 Å². The van der Waals surface area contributed by atoms with E-state index in [4.69, 9.17) is 17.3 Å². The van der Waals surface area contributed by atoms with Gasteiger partial charge in [-0.2, -0.15) is 0 Å². The predicted octanol–water partition coefficient (Wildman–Crippen LogP) is 3.95. The van der Waals surface area contributed by atoms with E-state index >= 15 is 0 Å². The molecule has 0 saturated heterocycles. The second kappa shape index (κ2) is 6.25. The van der Waals surface area contributed by atoms with Crippen molar-refractivity contribution in [1.29, 1.82) is 0 Å². The van der Waals surface area contributed by atoms with Gasteiger partial charge in [-0.05, 0) is 37.1 Å². The molecule has 3 nitrogen and oxygen atoms in total. The van der Waals surface area contributed by atoms with Gasteiger partial charge in [0.05, 0.1) is 6.04 Å². The van der Waals surface area contributed by atoms with Crippen molar-refractivity contribution in [3.05, 3.63) is 58.7 Å². The standard InChI is InChI=1S/C16H20ClN3/c1-11(18)13-8-9-16(19-10-13)20(3)12(2)14-6-4-5-7-15(14)17/h4-12H,18H2,1-3H3. The van der Waals surface area contributed by atoms with Gasteiger partial charge < -0.3 is 10.6 Å². The molecule has 2 N–H and O–H groups in total. The van der Waals surface area contributed by atoms with Crippen molar-refractivity contribution < 1.29 is 0 Å². The molecule has 1 aromatic carbocycles. The van der Waals surface area contributed by atoms with E-state index in [-0.39, 0.29) is 12.1 Å². The average Bonchev–Trinajstić information content (AvgIpc) is 2.46. The molecular weight excluding hydrogens is 270 g/mol. The number of nitrogens with zero attached hydrogens (tertiary/aromatic N) is 2. The van der Waals surface area contributed by atoms with Crippen LogP contribution < -0.4 is 10.6 Å². The molecule has 0 aliphatic heterocycles. The van der Waals surface area contributed by atoms with Crippen LogP contribution in [0.25, 0.3) is 0 Å². The minimum atomic E-state index is 0.00264. The fourth-order valence-corrected chi connectivity index (χ4v) is 2.39. The number of pyridine rings is 1. The van der Waals surface area contributed by atoms with Crippen molar-refractivity contribution in [3.63, 3.8) is 0 Å². The molecule has 2 rings (SSSR count). The summed E-state index contributed by atoms with van der Waals surface area (Å²) in [6.45, 7) is 4.06. The number of nitrogens with two attached hydrogens (primary N) is 1. The van der Waals surface area contributed by atoms with Gasteiger partial charge in [-0.25, -0.2) is 4.98 Å². The van der Waals surface area contributed by atoms with Crippen molar-refractivity contribution in [2.45, 2.75) is 25.9 Å². The van der Waals surface area contributed by atoms with E-state index in [1.165, 1.54) is 0 Å². The number of anilines is 1. The lowest BCUT2D eigenvalue weighted by molar-refractivity contribution is 0.726. The summed E-state index contributed by atoms with van der Waals surface area (Å²) < 4.78 is 0. The summed E-state index contributed by atoms with van der Waals surface area (Å²) in [6.07, 6.45) is 1.83. The third-order valence-corrected chi connectivity index (χ3v) is 3.94. The lowest BCUT2D eigenvalue weighted by Crippen LogP contribution is -2.23. The van der Waals surface area contributed by atoms with Crippen molar-refractivity contribution in [3.8, 4) is 0 Å². The van der Waals surface area contributed by atoms with Crippen LogP contribution in [0.5, 0.6) is 0 Å². The van der Waals surface area contributed by atoms with E-state index in [2.05, 4.69) is 16.8 Å². The molecule has 20 heavy (non-hydrogen) atoms. The zero-order valence-electron chi connectivity index (χ0n) is 12.0. The number of hydrogen-bond acceptors (Lipinski definition) is 3. The lowest BCUT2D eigenvalue weighted by Gasteiger charge is -2.27. The minimum absolute atomic E-state index is 0.00264. The highest BCUT2D eigenvalue weighted by molar-refractivity contribution is 6.31. The number of rotatable bonds is 4. The van der Waals surface area contributed by atoms with Crippen molar-refractivity contribution >= 4 is 17.4 Å². The van der Waals surface area contributed by atoms with Crippen LogP contribution in [-0.2, 0) is 0 Å². The molecule has 4 heteroatoms. The Morgan fingerprint density at radius 2 is 1.85 bits per heavy atom. The Morgan fingerprint density at radius 1 is 1.15 bits per heavy atom. The Bertz CT molecular complexity index is 566. The largest absolute Gasteiger partial charge is 0.353 e. The first-order valence-electron chi connectivity index (χ1n) is 6.69. The second-order valence-corrected chi connectivity index (χ2v) is 5.45. The van der Waals surface area contributed by atoms with Crippen LogP contribution in [-0.4, -0.2) is 12.0 Å². The zero-order chi connectivity index (χ0) is 14.7. The fourth-order valence-electron chi connectivity index (χ4n) is 2.10. The summed E-state index contributed by atoms with van der Waals surface area (Å²) in [4.78, 5) is 6.58. The Morgan fingerprint density at radius 3 is 2.40 bits per heavy atom. The molecule has 0 radical (unpaired) electrons. The summed E-state index contributed by atoms with van der Waals surface area (Å²) in [7, 11) is 2.02. The molecule has 0 fully saturated rings. The van der Waals surface area contributed by atoms with E-state index in [0.29, 0.717) is 0 Å². The topological polar surface area (TPSA) is 42.1 Å². The molecule has 106 valence electrons. The van der Waals surface area contributed by atoms with E-state index in [0.717, 1.165) is 22.0 Å². The summed E-state index contributed by atoms with van der Waals surface area (Å²) >= 11 is 6.25. The molecule has 1 aromatic heterocycles. The van der Waals surface area contributed by atoms with E-state index in [9.17, 15) is 0 Å². The van der Waals surface area contributed by atoms with Gasteiger partial charge in [0.2, 0.25) is 0 Å². The molecule has 0 amide bonds. The van der Waals surface area contributed by atoms with Crippen LogP contribution in [0.2, 0.25) is 5.02 Å². The van der Waals surface area contributed by atoms with Crippen molar-refractivity contribution in [2.75, 3.05) is 11.9 Å². The van der Waals surface area contributed by atoms with E-state index in [1.807, 2.05) is 56.6 Å². The van der Waals surface area contributed by atoms with E-state index in [1.54, 1.807) is 0 Å². The molecule has 0 bridgehead atoms. The first-order chi connectivity index (χ1) is 9.50. The third kappa shape index (κ3) is 3.11. The maximum Gasteiger partial charge on any atom is 0.128 e. The van der Waals surface area contributed by atoms with Crippen LogP contribution >= 0.6 is 11.6 Å². The Hall–Kier alpha value is -1.58. The van der Waals surface area contributed by atoms with Gasteiger partial charge in [0.15, 0.2) is 0 Å². The number of halogens is 1. The van der Waals surface area contributed by atoms with Gasteiger partial charge >= 0.3 is 0 Å². The maximum absolute atomic E-state index is 6.25. The SMILES string of the molecule is CC(N)c1ccc(N(C)C(C)c2ccccc2Cl)nc1. The predicted molar refractivity (Wildman–Crippen MR) is 85.1 cm³/mol. The lowest BCUT2D eigenvalue weighted by atomic mass is 10.1. The highest BCUT2D eigenvalue weighted by Gasteiger charge is 2.15. The van der Waals surface area contributed by atoms with Gasteiger partial charge in [0.25, 0.3) is 0 Å². The zero-order valence-corrected chi connectivity index (χ0v) is 12.8. The molecular formula is C16H20ClN3. The molecule has 2 aromatic rings. The summed E-state index contributed by atoms with van der Waals surface area (Å²) in [5.74, 6) is 0.904. The van der Waals surface area contributed by atoms with Crippen LogP contribution in [0.3, 0.4) is 0 Å². The first-order valence-corrected chi connectivity index (χ1v) is 7.07. The van der Waals surface area contributed by atoms with Gasteiger partial charge in [-0.1, -0.05) is 35.9 Å². The average molecular weight is 290 g/mol. The molecule has 0 aliphatic rings. The van der Waals surface area contributed by atoms with Gasteiger partial charge in [0, 0.05) is 24.3 Å². The maximum atomic E-state index is 6.25. The monoisotopic (exact) mass is 289 g/mol. The molecule has 0 spiro atoms. The molecule has 0 aliphatic carbocycles. The molecule has 2 unspecified atom stereocenters. The normalized spacial score (nSPS) is 13.8. The van der Waals surface area contributed by atoms with Crippen LogP contribution in [0, 0.1) is 0 Å². The van der Waals surface area contributed by atoms with Crippen molar-refractivity contribution in [1.82, 2.24) is 4.98 Å². The number of aromatic nitrogens is 1.